The molecule has 9 heteroatoms. The molecule has 2 heterocycles. The third-order valence-corrected chi connectivity index (χ3v) is 7.54. The van der Waals surface area contributed by atoms with Gasteiger partial charge >= 0.3 is 0 Å². The van der Waals surface area contributed by atoms with Crippen LogP contribution in [0.2, 0.25) is 5.02 Å². The number of nitrogens with zero attached hydrogens (tertiary/aromatic N) is 2. The zero-order valence-corrected chi connectivity index (χ0v) is 20.3. The second-order valence-electron chi connectivity index (χ2n) is 8.80. The van der Waals surface area contributed by atoms with Gasteiger partial charge in [0.2, 0.25) is 5.96 Å². The number of aliphatic imine (C=N–C) groups is 1. The molecule has 5 nitrogen and oxygen atoms in total. The van der Waals surface area contributed by atoms with Gasteiger partial charge in [0.1, 0.15) is 17.7 Å². The molecule has 1 aromatic heterocycles. The van der Waals surface area contributed by atoms with Gasteiger partial charge in [-0.05, 0) is 59.9 Å². The Bertz CT molecular complexity index is 1530. The lowest BCUT2D eigenvalue weighted by Crippen LogP contribution is -2.39. The molecule has 0 amide bonds. The van der Waals surface area contributed by atoms with Crippen LogP contribution in [0.15, 0.2) is 83.0 Å². The Balaban J connectivity index is 1.40. The number of aromatic nitrogens is 1. The van der Waals surface area contributed by atoms with E-state index >= 15 is 0 Å². The molecule has 0 radical (unpaired) electrons. The summed E-state index contributed by atoms with van der Waals surface area (Å²) in [6, 6.07) is 17.6. The molecule has 3 aromatic carbocycles. The number of para-hydroxylation sites is 1. The van der Waals surface area contributed by atoms with Gasteiger partial charge in [0.05, 0.1) is 10.2 Å². The fourth-order valence-corrected chi connectivity index (χ4v) is 5.86. The second kappa shape index (κ2) is 9.11. The van der Waals surface area contributed by atoms with Gasteiger partial charge in [-0.2, -0.15) is 0 Å². The number of thiazole rings is 1. The van der Waals surface area contributed by atoms with E-state index < -0.39 is 17.7 Å². The van der Waals surface area contributed by atoms with Crippen molar-refractivity contribution in [3.63, 3.8) is 0 Å². The quantitative estimate of drug-likeness (QED) is 0.314. The SMILES string of the molecule is O=C1CC(c2cccc(Cl)c2)CC2=C1C(c1cc(F)cc(F)c1)N=C(Nc1nc3ccccc3s1)N2. The van der Waals surface area contributed by atoms with Gasteiger partial charge in [-0.1, -0.05) is 47.2 Å². The minimum Gasteiger partial charge on any atom is -0.329 e. The van der Waals surface area contributed by atoms with E-state index in [0.29, 0.717) is 33.8 Å². The largest absolute Gasteiger partial charge is 0.329 e. The topological polar surface area (TPSA) is 66.4 Å². The van der Waals surface area contributed by atoms with E-state index in [-0.39, 0.29) is 23.7 Å². The van der Waals surface area contributed by atoms with E-state index in [1.807, 2.05) is 42.5 Å². The maximum atomic E-state index is 14.1. The van der Waals surface area contributed by atoms with Crippen LogP contribution >= 0.6 is 22.9 Å². The Morgan fingerprint density at radius 2 is 1.78 bits per heavy atom. The monoisotopic (exact) mass is 520 g/mol. The van der Waals surface area contributed by atoms with Crippen molar-refractivity contribution in [2.24, 2.45) is 4.99 Å². The summed E-state index contributed by atoms with van der Waals surface area (Å²) in [5.74, 6) is -1.29. The number of hydrogen-bond donors (Lipinski definition) is 2. The number of ketones is 1. The first-order valence-corrected chi connectivity index (χ1v) is 12.6. The number of Topliss-reactive ketones (excluding diaryl/α,β-unsaturated/α-hetero) is 1. The molecule has 2 unspecified atom stereocenters. The molecule has 0 bridgehead atoms. The van der Waals surface area contributed by atoms with E-state index in [9.17, 15) is 13.6 Å². The van der Waals surface area contributed by atoms with Gasteiger partial charge in [-0.25, -0.2) is 18.8 Å². The first-order valence-electron chi connectivity index (χ1n) is 11.4. The van der Waals surface area contributed by atoms with Crippen molar-refractivity contribution in [1.29, 1.82) is 0 Å². The maximum absolute atomic E-state index is 14.1. The van der Waals surface area contributed by atoms with Crippen molar-refractivity contribution < 1.29 is 13.6 Å². The number of carbonyl (C=O) groups excluding carboxylic acids is 1. The van der Waals surface area contributed by atoms with Crippen LogP contribution in [0.3, 0.4) is 0 Å². The number of anilines is 1. The Labute approximate surface area is 214 Å². The predicted octanol–water partition coefficient (Wildman–Crippen LogP) is 6.74. The first kappa shape index (κ1) is 22.8. The summed E-state index contributed by atoms with van der Waals surface area (Å²) >= 11 is 7.66. The maximum Gasteiger partial charge on any atom is 0.202 e. The number of allylic oxidation sites excluding steroid dienone is 1. The average Bonchev–Trinajstić information content (AvgIpc) is 3.25. The summed E-state index contributed by atoms with van der Waals surface area (Å²) < 4.78 is 29.3. The number of benzene rings is 3. The highest BCUT2D eigenvalue weighted by molar-refractivity contribution is 7.22. The van der Waals surface area contributed by atoms with Crippen molar-refractivity contribution in [1.82, 2.24) is 10.3 Å². The lowest BCUT2D eigenvalue weighted by atomic mass is 9.78. The Morgan fingerprint density at radius 1 is 0.972 bits per heavy atom. The molecule has 0 fully saturated rings. The molecule has 0 saturated carbocycles. The number of rotatable bonds is 3. The molecule has 0 spiro atoms. The zero-order chi connectivity index (χ0) is 24.8. The predicted molar refractivity (Wildman–Crippen MR) is 138 cm³/mol. The summed E-state index contributed by atoms with van der Waals surface area (Å²) in [6.07, 6.45) is 0.779. The van der Waals surface area contributed by atoms with Crippen molar-refractivity contribution in [3.05, 3.63) is 106 Å². The third kappa shape index (κ3) is 4.38. The van der Waals surface area contributed by atoms with Crippen LogP contribution in [0.25, 0.3) is 10.2 Å². The third-order valence-electron chi connectivity index (χ3n) is 6.35. The fourth-order valence-electron chi connectivity index (χ4n) is 4.80. The van der Waals surface area contributed by atoms with Gasteiger partial charge in [0.15, 0.2) is 10.9 Å². The van der Waals surface area contributed by atoms with E-state index in [1.165, 1.54) is 23.5 Å². The Hall–Kier alpha value is -3.62. The molecule has 2 atom stereocenters. The lowest BCUT2D eigenvalue weighted by molar-refractivity contribution is -0.116. The van der Waals surface area contributed by atoms with Crippen LogP contribution in [0.5, 0.6) is 0 Å². The highest BCUT2D eigenvalue weighted by Gasteiger charge is 2.37. The number of nitrogens with one attached hydrogen (secondary N) is 2. The molecule has 2 aliphatic rings. The van der Waals surface area contributed by atoms with Gasteiger partial charge < -0.3 is 10.6 Å². The summed E-state index contributed by atoms with van der Waals surface area (Å²) in [4.78, 5) is 22.7. The number of hydrogen-bond acceptors (Lipinski definition) is 6. The molecule has 0 saturated heterocycles. The number of halogens is 3. The van der Waals surface area contributed by atoms with E-state index in [2.05, 4.69) is 20.6 Å². The van der Waals surface area contributed by atoms with Crippen LogP contribution in [-0.4, -0.2) is 16.7 Å². The van der Waals surface area contributed by atoms with E-state index in [1.54, 1.807) is 6.07 Å². The first-order chi connectivity index (χ1) is 17.4. The highest BCUT2D eigenvalue weighted by atomic mass is 35.5. The standard InChI is InChI=1S/C27H19ClF2N4OS/c28-17-5-3-4-14(8-17)15-11-21-24(22(35)12-15)25(16-9-18(29)13-19(30)10-16)33-26(31-21)34-27-32-20-6-1-2-7-23(20)36-27/h1-10,13,15,25H,11-12H2,(H2,31,32,33,34). The molecule has 2 N–H and O–H groups in total. The van der Waals surface area contributed by atoms with Crippen LogP contribution in [-0.2, 0) is 4.79 Å². The average molecular weight is 521 g/mol. The molecule has 6 rings (SSSR count). The smallest absolute Gasteiger partial charge is 0.202 e. The molecular weight excluding hydrogens is 502 g/mol. The minimum atomic E-state index is -0.851. The number of guanidine groups is 1. The van der Waals surface area contributed by atoms with Crippen molar-refractivity contribution in [2.75, 3.05) is 5.32 Å². The second-order valence-corrected chi connectivity index (χ2v) is 10.3. The van der Waals surface area contributed by atoms with Crippen molar-refractivity contribution in [2.45, 2.75) is 24.8 Å². The zero-order valence-electron chi connectivity index (χ0n) is 18.8. The molecule has 180 valence electrons. The van der Waals surface area contributed by atoms with Gasteiger partial charge in [0.25, 0.3) is 0 Å². The van der Waals surface area contributed by atoms with E-state index in [0.717, 1.165) is 21.8 Å². The lowest BCUT2D eigenvalue weighted by Gasteiger charge is -2.34. The van der Waals surface area contributed by atoms with Crippen LogP contribution in [0, 0.1) is 11.6 Å². The Kier molecular flexibility index (Phi) is 5.78. The molecule has 1 aliphatic heterocycles. The van der Waals surface area contributed by atoms with Gasteiger partial charge in [-0.15, -0.1) is 0 Å². The summed E-state index contributed by atoms with van der Waals surface area (Å²) in [5, 5.41) is 7.69. The molecule has 1 aliphatic carbocycles. The normalized spacial score (nSPS) is 19.6. The molecular formula is C27H19ClF2N4OS. The fraction of sp³-hybridized carbons (Fsp3) is 0.148. The van der Waals surface area contributed by atoms with Crippen LogP contribution in [0.1, 0.15) is 35.9 Å². The number of fused-ring (bicyclic) bond motifs is 1. The highest BCUT2D eigenvalue weighted by Crippen LogP contribution is 2.42. The summed E-state index contributed by atoms with van der Waals surface area (Å²) in [6.45, 7) is 0. The Morgan fingerprint density at radius 3 is 2.56 bits per heavy atom. The van der Waals surface area contributed by atoms with Crippen LogP contribution in [0.4, 0.5) is 13.9 Å². The minimum absolute atomic E-state index is 0.0888. The van der Waals surface area contributed by atoms with E-state index in [4.69, 9.17) is 11.6 Å². The van der Waals surface area contributed by atoms with Crippen molar-refractivity contribution >= 4 is 50.0 Å². The van der Waals surface area contributed by atoms with Crippen molar-refractivity contribution in [3.8, 4) is 0 Å². The molecule has 4 aromatic rings. The van der Waals surface area contributed by atoms with Crippen LogP contribution < -0.4 is 10.6 Å². The van der Waals surface area contributed by atoms with Gasteiger partial charge in [-0.3, -0.25) is 4.79 Å². The summed E-state index contributed by atoms with van der Waals surface area (Å²) in [7, 11) is 0. The number of carbonyl (C=O) groups is 1. The summed E-state index contributed by atoms with van der Waals surface area (Å²) in [5.41, 5.74) is 3.18. The molecule has 36 heavy (non-hydrogen) atoms. The van der Waals surface area contributed by atoms with Gasteiger partial charge in [0, 0.05) is 28.8 Å².